The van der Waals surface area contributed by atoms with Gasteiger partial charge < -0.3 is 5.32 Å². The molecule has 2 fully saturated rings. The molecule has 9 heteroatoms. The van der Waals surface area contributed by atoms with Crippen molar-refractivity contribution in [3.05, 3.63) is 59.7 Å². The monoisotopic (exact) mass is 551 g/mol. The number of fused-ring (bicyclic) bond motifs is 1. The summed E-state index contributed by atoms with van der Waals surface area (Å²) >= 11 is 0. The molecule has 208 valence electrons. The highest BCUT2D eigenvalue weighted by Gasteiger charge is 2.38. The first-order valence-corrected chi connectivity index (χ1v) is 15.7. The smallest absolute Gasteiger partial charge is 0.261 e. The van der Waals surface area contributed by atoms with Crippen molar-refractivity contribution in [2.24, 2.45) is 0 Å². The predicted molar refractivity (Wildman–Crippen MR) is 149 cm³/mol. The molecule has 8 nitrogen and oxygen atoms in total. The Bertz CT molecular complexity index is 1260. The van der Waals surface area contributed by atoms with E-state index < -0.39 is 10.0 Å². The summed E-state index contributed by atoms with van der Waals surface area (Å²) < 4.78 is 29.5. The van der Waals surface area contributed by atoms with E-state index >= 15 is 0 Å². The van der Waals surface area contributed by atoms with E-state index in [0.717, 1.165) is 51.4 Å². The SMILES string of the molecule is O=C(CCCN1C(=O)c2ccccc2C1=O)Nc1ccc(S(=O)(=O)N(C2CCCCC2)C2CCCCC2)cc1. The number of hydrogen-bond acceptors (Lipinski definition) is 5. The first-order chi connectivity index (χ1) is 18.9. The van der Waals surface area contributed by atoms with Crippen LogP contribution in [0.3, 0.4) is 0 Å². The Kier molecular flexibility index (Phi) is 8.47. The number of anilines is 1. The van der Waals surface area contributed by atoms with Gasteiger partial charge in [0.15, 0.2) is 0 Å². The second kappa shape index (κ2) is 12.0. The van der Waals surface area contributed by atoms with Gasteiger partial charge in [0.2, 0.25) is 15.9 Å². The minimum Gasteiger partial charge on any atom is -0.326 e. The summed E-state index contributed by atoms with van der Waals surface area (Å²) in [5.41, 5.74) is 1.31. The van der Waals surface area contributed by atoms with E-state index in [2.05, 4.69) is 5.32 Å². The fraction of sp³-hybridized carbons (Fsp3) is 0.500. The van der Waals surface area contributed by atoms with Crippen molar-refractivity contribution in [1.29, 1.82) is 0 Å². The van der Waals surface area contributed by atoms with Gasteiger partial charge in [0.25, 0.3) is 11.8 Å². The van der Waals surface area contributed by atoms with Gasteiger partial charge >= 0.3 is 0 Å². The molecule has 0 aromatic heterocycles. The molecule has 2 aromatic carbocycles. The Hall–Kier alpha value is -3.04. The molecule has 1 aliphatic heterocycles. The quantitative estimate of drug-likeness (QED) is 0.423. The van der Waals surface area contributed by atoms with Crippen LogP contribution in [0.5, 0.6) is 0 Å². The molecule has 0 unspecified atom stereocenters. The van der Waals surface area contributed by atoms with Gasteiger partial charge in [0.1, 0.15) is 0 Å². The zero-order valence-electron chi connectivity index (χ0n) is 22.3. The molecule has 0 bridgehead atoms. The van der Waals surface area contributed by atoms with Crippen LogP contribution in [-0.2, 0) is 14.8 Å². The fourth-order valence-electron chi connectivity index (χ4n) is 6.26. The third-order valence-corrected chi connectivity index (χ3v) is 10.3. The molecule has 2 aliphatic carbocycles. The highest BCUT2D eigenvalue weighted by Crippen LogP contribution is 2.35. The Morgan fingerprint density at radius 2 is 1.31 bits per heavy atom. The summed E-state index contributed by atoms with van der Waals surface area (Å²) in [4.78, 5) is 39.0. The number of imide groups is 1. The van der Waals surface area contributed by atoms with E-state index in [0.29, 0.717) is 23.2 Å². The van der Waals surface area contributed by atoms with Crippen molar-refractivity contribution in [2.45, 2.75) is 94.0 Å². The number of nitrogens with one attached hydrogen (secondary N) is 1. The van der Waals surface area contributed by atoms with Crippen LogP contribution in [0, 0.1) is 0 Å². The maximum atomic E-state index is 13.8. The number of nitrogens with zero attached hydrogens (tertiary/aromatic N) is 2. The number of sulfonamides is 1. The Morgan fingerprint density at radius 1 is 0.795 bits per heavy atom. The van der Waals surface area contributed by atoms with Gasteiger partial charge in [-0.3, -0.25) is 19.3 Å². The summed E-state index contributed by atoms with van der Waals surface area (Å²) in [6.07, 6.45) is 10.8. The van der Waals surface area contributed by atoms with E-state index in [1.807, 2.05) is 4.31 Å². The van der Waals surface area contributed by atoms with Gasteiger partial charge in [-0.05, 0) is 68.5 Å². The van der Waals surface area contributed by atoms with E-state index in [9.17, 15) is 22.8 Å². The van der Waals surface area contributed by atoms with Crippen LogP contribution < -0.4 is 5.32 Å². The summed E-state index contributed by atoms with van der Waals surface area (Å²) in [5.74, 6) is -0.917. The summed E-state index contributed by atoms with van der Waals surface area (Å²) in [7, 11) is -3.65. The zero-order valence-corrected chi connectivity index (χ0v) is 23.1. The maximum Gasteiger partial charge on any atom is 0.261 e. The predicted octanol–water partition coefficient (Wildman–Crippen LogP) is 5.36. The molecule has 3 aliphatic rings. The lowest BCUT2D eigenvalue weighted by Gasteiger charge is -2.40. The highest BCUT2D eigenvalue weighted by molar-refractivity contribution is 7.89. The maximum absolute atomic E-state index is 13.8. The van der Waals surface area contributed by atoms with Gasteiger partial charge in [-0.1, -0.05) is 50.7 Å². The van der Waals surface area contributed by atoms with Crippen molar-refractivity contribution in [3.63, 3.8) is 0 Å². The Balaban J connectivity index is 1.18. The number of amides is 3. The molecule has 0 spiro atoms. The van der Waals surface area contributed by atoms with Gasteiger partial charge in [-0.2, -0.15) is 4.31 Å². The fourth-order valence-corrected chi connectivity index (χ4v) is 8.19. The topological polar surface area (TPSA) is 104 Å². The van der Waals surface area contributed by atoms with Crippen molar-refractivity contribution >= 4 is 33.4 Å². The molecule has 1 heterocycles. The average Bonchev–Trinajstić information content (AvgIpc) is 3.19. The molecule has 5 rings (SSSR count). The molecule has 2 saturated carbocycles. The molecule has 39 heavy (non-hydrogen) atoms. The number of carbonyl (C=O) groups is 3. The molecule has 2 aromatic rings. The summed E-state index contributed by atoms with van der Waals surface area (Å²) in [6.45, 7) is 0.162. The van der Waals surface area contributed by atoms with Gasteiger partial charge in [0.05, 0.1) is 16.0 Å². The largest absolute Gasteiger partial charge is 0.326 e. The second-order valence-electron chi connectivity index (χ2n) is 10.9. The first-order valence-electron chi connectivity index (χ1n) is 14.2. The van der Waals surface area contributed by atoms with Gasteiger partial charge in [0, 0.05) is 30.7 Å². The van der Waals surface area contributed by atoms with Crippen LogP contribution in [0.25, 0.3) is 0 Å². The van der Waals surface area contributed by atoms with Crippen LogP contribution in [0.1, 0.15) is 97.8 Å². The third-order valence-electron chi connectivity index (χ3n) is 8.25. The second-order valence-corrected chi connectivity index (χ2v) is 12.7. The molecular weight excluding hydrogens is 514 g/mol. The van der Waals surface area contributed by atoms with Crippen LogP contribution in [-0.4, -0.2) is 54.0 Å². The lowest BCUT2D eigenvalue weighted by atomic mass is 9.91. The van der Waals surface area contributed by atoms with Crippen LogP contribution in [0.2, 0.25) is 0 Å². The van der Waals surface area contributed by atoms with E-state index in [-0.39, 0.29) is 47.7 Å². The van der Waals surface area contributed by atoms with Crippen molar-refractivity contribution in [1.82, 2.24) is 9.21 Å². The van der Waals surface area contributed by atoms with E-state index in [4.69, 9.17) is 0 Å². The minimum absolute atomic E-state index is 0.0633. The Morgan fingerprint density at radius 3 is 1.82 bits per heavy atom. The van der Waals surface area contributed by atoms with Gasteiger partial charge in [-0.15, -0.1) is 0 Å². The lowest BCUT2D eigenvalue weighted by Crippen LogP contribution is -2.48. The molecule has 1 N–H and O–H groups in total. The van der Waals surface area contributed by atoms with Crippen LogP contribution >= 0.6 is 0 Å². The number of rotatable bonds is 9. The van der Waals surface area contributed by atoms with Crippen molar-refractivity contribution < 1.29 is 22.8 Å². The van der Waals surface area contributed by atoms with Crippen LogP contribution in [0.4, 0.5) is 5.69 Å². The summed E-state index contributed by atoms with van der Waals surface area (Å²) in [5, 5.41) is 2.81. The molecule has 0 saturated heterocycles. The average molecular weight is 552 g/mol. The number of benzene rings is 2. The molecule has 3 amide bonds. The van der Waals surface area contributed by atoms with E-state index in [1.165, 1.54) is 17.7 Å². The van der Waals surface area contributed by atoms with Gasteiger partial charge in [-0.25, -0.2) is 8.42 Å². The third kappa shape index (κ3) is 5.94. The Labute approximate surface area is 230 Å². The number of carbonyl (C=O) groups excluding carboxylic acids is 3. The van der Waals surface area contributed by atoms with Crippen molar-refractivity contribution in [2.75, 3.05) is 11.9 Å². The molecular formula is C30H37N3O5S. The van der Waals surface area contributed by atoms with Crippen molar-refractivity contribution in [3.8, 4) is 0 Å². The highest BCUT2D eigenvalue weighted by atomic mass is 32.2. The first kappa shape index (κ1) is 27.5. The normalized spacial score (nSPS) is 18.9. The van der Waals surface area contributed by atoms with Crippen LogP contribution in [0.15, 0.2) is 53.4 Å². The minimum atomic E-state index is -3.65. The molecule has 0 radical (unpaired) electrons. The zero-order chi connectivity index (χ0) is 27.4. The standard InChI is InChI=1S/C30H37N3O5S/c34-28(16-9-21-32-29(35)26-14-7-8-15-27(26)30(32)36)31-22-17-19-25(20-18-22)39(37,38)33(23-10-3-1-4-11-23)24-12-5-2-6-13-24/h7-8,14-15,17-20,23-24H,1-6,9-13,16,21H2,(H,31,34). The molecule has 0 atom stereocenters. The lowest BCUT2D eigenvalue weighted by molar-refractivity contribution is -0.116. The van der Waals surface area contributed by atoms with E-state index in [1.54, 1.807) is 48.5 Å². The summed E-state index contributed by atoms with van der Waals surface area (Å²) in [6, 6.07) is 13.3. The number of hydrogen-bond donors (Lipinski definition) is 1.